The quantitative estimate of drug-likeness (QED) is 0.371. The van der Waals surface area contributed by atoms with E-state index in [2.05, 4.69) is 4.36 Å². The molecule has 160 valence electrons. The number of aryl methyl sites for hydroxylation is 1. The van der Waals surface area contributed by atoms with Crippen molar-refractivity contribution >= 4 is 40.9 Å². The summed E-state index contributed by atoms with van der Waals surface area (Å²) in [7, 11) is -8.39. The highest BCUT2D eigenvalue weighted by Crippen LogP contribution is 2.32. The van der Waals surface area contributed by atoms with Gasteiger partial charge in [0.1, 0.15) is 16.3 Å². The Balaban J connectivity index is 2.91. The number of alkyl halides is 3. The molecule has 0 aliphatic heterocycles. The molecule has 0 fully saturated rings. The van der Waals surface area contributed by atoms with Crippen LogP contribution in [0.1, 0.15) is 11.1 Å². The van der Waals surface area contributed by atoms with Gasteiger partial charge in [0.25, 0.3) is 0 Å². The minimum atomic E-state index is -4.94. The van der Waals surface area contributed by atoms with Crippen LogP contribution < -0.4 is 10.9 Å². The zero-order valence-corrected chi connectivity index (χ0v) is 16.2. The molecule has 2 aromatic rings. The van der Waals surface area contributed by atoms with Gasteiger partial charge in [-0.1, -0.05) is 17.7 Å². The first-order valence-corrected chi connectivity index (χ1v) is 9.76. The molecule has 0 aliphatic rings. The van der Waals surface area contributed by atoms with Crippen molar-refractivity contribution in [1.29, 1.82) is 0 Å². The van der Waals surface area contributed by atoms with E-state index < -0.39 is 58.6 Å². The van der Waals surface area contributed by atoms with Crippen molar-refractivity contribution in [3.63, 3.8) is 0 Å². The minimum Gasteiger partial charge on any atom is -0.480 e. The zero-order valence-electron chi connectivity index (χ0n) is 15.4. The summed E-state index contributed by atoms with van der Waals surface area (Å²) >= 11 is 0. The van der Waals surface area contributed by atoms with Crippen LogP contribution in [-0.4, -0.2) is 56.2 Å². The first kappa shape index (κ1) is 23.9. The number of carboxylic acids is 1. The number of carbonyl (C=O) groups is 1. The number of rotatable bonds is 6. The highest BCUT2D eigenvalue weighted by Gasteiger charge is 2.34. The predicted molar refractivity (Wildman–Crippen MR) is 102 cm³/mol. The van der Waals surface area contributed by atoms with E-state index >= 15 is 0 Å². The Labute approximate surface area is 170 Å². The molecule has 2 aromatic carbocycles. The average Bonchev–Trinajstić information content (AvgIpc) is 2.64. The van der Waals surface area contributed by atoms with Crippen LogP contribution in [0.15, 0.2) is 50.6 Å². The van der Waals surface area contributed by atoms with Crippen molar-refractivity contribution in [2.45, 2.75) is 22.9 Å². The van der Waals surface area contributed by atoms with Gasteiger partial charge in [-0.05, 0) is 42.1 Å². The van der Waals surface area contributed by atoms with Crippen LogP contribution in [0.3, 0.4) is 0 Å². The first-order valence-electron chi connectivity index (χ1n) is 8.25. The van der Waals surface area contributed by atoms with E-state index in [1.165, 1.54) is 19.1 Å². The maximum absolute atomic E-state index is 13.8. The Kier molecular flexibility index (Phi) is 6.99. The molecule has 0 bridgehead atoms. The largest absolute Gasteiger partial charge is 0.488 e. The molecule has 0 saturated carbocycles. The van der Waals surface area contributed by atoms with E-state index in [-0.39, 0.29) is 10.4 Å². The van der Waals surface area contributed by atoms with E-state index in [0.717, 1.165) is 12.1 Å². The van der Waals surface area contributed by atoms with Gasteiger partial charge in [0.2, 0.25) is 0 Å². The summed E-state index contributed by atoms with van der Waals surface area (Å²) in [5.74, 6) is -1.51. The fraction of sp³-hybridized carbons (Fsp3) is 0.188. The lowest BCUT2D eigenvalue weighted by Crippen LogP contribution is -2.32. The van der Waals surface area contributed by atoms with E-state index in [1.54, 1.807) is 0 Å². The monoisotopic (exact) mass is 445 g/mol. The number of hydrogen-bond acceptors (Lipinski definition) is 7. The molecule has 2 rings (SSSR count). The molecule has 0 spiro atoms. The number of halogens is 3. The Morgan fingerprint density at radius 3 is 1.93 bits per heavy atom. The lowest BCUT2D eigenvalue weighted by Gasteiger charge is -2.17. The number of benzene rings is 2. The Morgan fingerprint density at radius 1 is 0.967 bits per heavy atom. The van der Waals surface area contributed by atoms with Crippen molar-refractivity contribution in [3.8, 4) is 0 Å². The molecule has 0 aromatic heterocycles. The Morgan fingerprint density at radius 2 is 1.47 bits per heavy atom. The molecule has 0 amide bonds. The van der Waals surface area contributed by atoms with Gasteiger partial charge in [-0.2, -0.15) is 13.2 Å². The fourth-order valence-corrected chi connectivity index (χ4v) is 4.70. The lowest BCUT2D eigenvalue weighted by molar-refractivity contribution is -0.138. The summed E-state index contributed by atoms with van der Waals surface area (Å²) in [5, 5.41) is 46.5. The standard InChI is InChI=1S/C16H16B2F3NO7S/c1-9-2-11(17(25)26)6-13(3-9)30(29,22-8-15(23)24)14-5-10(16(19,20)21)4-12(7-14)18(27)28/h2-7,25-28H,8H2,1H3,(H,23,24). The first-order chi connectivity index (χ1) is 13.7. The van der Waals surface area contributed by atoms with Gasteiger partial charge in [-0.15, -0.1) is 0 Å². The van der Waals surface area contributed by atoms with Crippen LogP contribution in [0.4, 0.5) is 13.2 Å². The summed E-state index contributed by atoms with van der Waals surface area (Å²) < 4.78 is 57.3. The topological polar surface area (TPSA) is 148 Å². The second kappa shape index (κ2) is 8.78. The number of carboxylic acid groups (broad SMARTS) is 1. The van der Waals surface area contributed by atoms with Gasteiger partial charge >= 0.3 is 26.4 Å². The van der Waals surface area contributed by atoms with Gasteiger partial charge in [0.15, 0.2) is 0 Å². The summed E-state index contributed by atoms with van der Waals surface area (Å²) in [6, 6.07) is 5.31. The van der Waals surface area contributed by atoms with Crippen LogP contribution in [0, 0.1) is 6.92 Å². The minimum absolute atomic E-state index is 0.141. The van der Waals surface area contributed by atoms with Crippen molar-refractivity contribution in [3.05, 3.63) is 47.5 Å². The highest BCUT2D eigenvalue weighted by atomic mass is 32.2. The van der Waals surface area contributed by atoms with Crippen LogP contribution in [-0.2, 0) is 20.7 Å². The summed E-state index contributed by atoms with van der Waals surface area (Å²) in [5.41, 5.74) is -1.77. The third kappa shape index (κ3) is 5.40. The Hall–Kier alpha value is -2.38. The van der Waals surface area contributed by atoms with E-state index in [1.807, 2.05) is 0 Å². The number of aliphatic carboxylic acids is 1. The van der Waals surface area contributed by atoms with Gasteiger partial charge in [0.05, 0.1) is 15.4 Å². The molecule has 0 heterocycles. The second-order valence-electron chi connectivity index (χ2n) is 6.32. The lowest BCUT2D eigenvalue weighted by atomic mass is 9.79. The second-order valence-corrected chi connectivity index (χ2v) is 8.57. The molecule has 0 radical (unpaired) electrons. The zero-order chi connectivity index (χ0) is 22.9. The normalized spacial score (nSPS) is 13.5. The smallest absolute Gasteiger partial charge is 0.480 e. The van der Waals surface area contributed by atoms with Gasteiger partial charge in [-0.3, -0.25) is 4.79 Å². The fourth-order valence-electron chi connectivity index (χ4n) is 2.61. The van der Waals surface area contributed by atoms with Gasteiger partial charge in [0, 0.05) is 0 Å². The molecule has 14 heteroatoms. The summed E-state index contributed by atoms with van der Waals surface area (Å²) in [6.45, 7) is 0.457. The van der Waals surface area contributed by atoms with E-state index in [4.69, 9.17) is 5.11 Å². The van der Waals surface area contributed by atoms with Crippen molar-refractivity contribution in [2.75, 3.05) is 6.54 Å². The molecular formula is C16H16B2F3NO7S. The van der Waals surface area contributed by atoms with Crippen molar-refractivity contribution in [2.24, 2.45) is 4.36 Å². The third-order valence-electron chi connectivity index (χ3n) is 3.95. The van der Waals surface area contributed by atoms with Crippen LogP contribution in [0.5, 0.6) is 0 Å². The molecule has 1 atom stereocenters. The van der Waals surface area contributed by atoms with Crippen molar-refractivity contribution < 1.29 is 47.4 Å². The summed E-state index contributed by atoms with van der Waals surface area (Å²) in [4.78, 5) is 10.1. The van der Waals surface area contributed by atoms with Crippen LogP contribution in [0.2, 0.25) is 0 Å². The molecule has 8 nitrogen and oxygen atoms in total. The third-order valence-corrected chi connectivity index (χ3v) is 6.19. The van der Waals surface area contributed by atoms with Gasteiger partial charge < -0.3 is 25.2 Å². The molecular weight excluding hydrogens is 429 g/mol. The average molecular weight is 445 g/mol. The van der Waals surface area contributed by atoms with Crippen LogP contribution in [0.25, 0.3) is 0 Å². The maximum atomic E-state index is 13.8. The van der Waals surface area contributed by atoms with E-state index in [9.17, 15) is 42.3 Å². The van der Waals surface area contributed by atoms with Gasteiger partial charge in [-0.25, -0.2) is 8.57 Å². The molecule has 0 saturated heterocycles. The van der Waals surface area contributed by atoms with E-state index in [0.29, 0.717) is 17.7 Å². The number of hydrogen-bond donors (Lipinski definition) is 5. The molecule has 30 heavy (non-hydrogen) atoms. The highest BCUT2D eigenvalue weighted by molar-refractivity contribution is 7.93. The number of nitrogens with zero attached hydrogens (tertiary/aromatic N) is 1. The van der Waals surface area contributed by atoms with Crippen LogP contribution >= 0.6 is 0 Å². The maximum Gasteiger partial charge on any atom is 0.488 e. The molecule has 0 aliphatic carbocycles. The molecule has 5 N–H and O–H groups in total. The Bertz CT molecular complexity index is 1080. The predicted octanol–water partition coefficient (Wildman–Crippen LogP) is -0.656. The SMILES string of the molecule is Cc1cc(B(O)O)cc(S(=O)(=NCC(=O)O)c2cc(B(O)O)cc(C(F)(F)F)c2)c1. The summed E-state index contributed by atoms with van der Waals surface area (Å²) in [6.07, 6.45) is -4.94. The molecule has 1 unspecified atom stereocenters. The van der Waals surface area contributed by atoms with Crippen molar-refractivity contribution in [1.82, 2.24) is 0 Å².